The van der Waals surface area contributed by atoms with Gasteiger partial charge in [0.05, 0.1) is 0 Å². The van der Waals surface area contributed by atoms with E-state index < -0.39 is 0 Å². The van der Waals surface area contributed by atoms with E-state index in [0.29, 0.717) is 16.5 Å². The molecule has 2 atom stereocenters. The van der Waals surface area contributed by atoms with Crippen LogP contribution in [0.3, 0.4) is 0 Å². The van der Waals surface area contributed by atoms with Crippen LogP contribution in [0.2, 0.25) is 5.02 Å². The highest BCUT2D eigenvalue weighted by molar-refractivity contribution is 9.09. The van der Waals surface area contributed by atoms with Crippen LogP contribution in [-0.2, 0) is 0 Å². The molecule has 0 aliphatic carbocycles. The Balaban J connectivity index is 2.39. The molecule has 20 heavy (non-hydrogen) atoms. The fourth-order valence-corrected chi connectivity index (χ4v) is 3.88. The second-order valence-electron chi connectivity index (χ2n) is 4.95. The van der Waals surface area contributed by atoms with E-state index in [2.05, 4.69) is 35.0 Å². The minimum Gasteiger partial charge on any atom is -0.207 e. The predicted molar refractivity (Wildman–Crippen MR) is 87.3 cm³/mol. The molecular weight excluding hydrogens is 339 g/mol. The first kappa shape index (κ1) is 15.5. The minimum absolute atomic E-state index is 0.0710. The zero-order chi connectivity index (χ0) is 14.7. The van der Waals surface area contributed by atoms with Crippen molar-refractivity contribution in [2.75, 3.05) is 0 Å². The van der Waals surface area contributed by atoms with Crippen LogP contribution in [0, 0.1) is 12.7 Å². The Hall–Kier alpha value is -0.860. The summed E-state index contributed by atoms with van der Waals surface area (Å²) in [6, 6.07) is 13.6. The van der Waals surface area contributed by atoms with Gasteiger partial charge in [-0.2, -0.15) is 0 Å². The van der Waals surface area contributed by atoms with E-state index in [4.69, 9.17) is 11.6 Å². The Morgan fingerprint density at radius 3 is 2.45 bits per heavy atom. The summed E-state index contributed by atoms with van der Waals surface area (Å²) in [6.07, 6.45) is 0.979. The first-order chi connectivity index (χ1) is 9.54. The maximum atomic E-state index is 13.5. The van der Waals surface area contributed by atoms with Crippen molar-refractivity contribution < 1.29 is 4.39 Å². The van der Waals surface area contributed by atoms with Crippen molar-refractivity contribution in [1.29, 1.82) is 0 Å². The number of alkyl halides is 1. The lowest BCUT2D eigenvalue weighted by Crippen LogP contribution is -2.06. The molecule has 0 spiro atoms. The molecule has 0 saturated carbocycles. The van der Waals surface area contributed by atoms with Crippen molar-refractivity contribution in [1.82, 2.24) is 0 Å². The van der Waals surface area contributed by atoms with Gasteiger partial charge in [-0.25, -0.2) is 4.39 Å². The van der Waals surface area contributed by atoms with E-state index in [9.17, 15) is 4.39 Å². The molecule has 2 aromatic rings. The summed E-state index contributed by atoms with van der Waals surface area (Å²) in [5.41, 5.74) is 2.83. The summed E-state index contributed by atoms with van der Waals surface area (Å²) < 4.78 is 13.5. The summed E-state index contributed by atoms with van der Waals surface area (Å²) in [5.74, 6) is 0.0461. The van der Waals surface area contributed by atoms with Crippen LogP contribution < -0.4 is 0 Å². The van der Waals surface area contributed by atoms with Crippen LogP contribution in [0.1, 0.15) is 40.8 Å². The standard InChI is InChI=1S/C17H17BrClF/c1-3-13(12-7-5-4-6-8-12)17(18)14-9-11(2)16(20)10-15(14)19/h4-10,13,17H,3H2,1-2H3. The maximum absolute atomic E-state index is 13.5. The smallest absolute Gasteiger partial charge is 0.127 e. The van der Waals surface area contributed by atoms with Gasteiger partial charge < -0.3 is 0 Å². The monoisotopic (exact) mass is 354 g/mol. The molecular formula is C17H17BrClF. The summed E-state index contributed by atoms with van der Waals surface area (Å²) in [6.45, 7) is 3.91. The summed E-state index contributed by atoms with van der Waals surface area (Å²) in [7, 11) is 0. The quantitative estimate of drug-likeness (QED) is 0.555. The Morgan fingerprint density at radius 2 is 1.85 bits per heavy atom. The van der Waals surface area contributed by atoms with Gasteiger partial charge in [0.1, 0.15) is 5.82 Å². The highest BCUT2D eigenvalue weighted by Gasteiger charge is 2.23. The molecule has 0 N–H and O–H groups in total. The normalized spacial score (nSPS) is 14.1. The van der Waals surface area contributed by atoms with E-state index in [1.807, 2.05) is 24.3 Å². The fraction of sp³-hybridized carbons (Fsp3) is 0.294. The lowest BCUT2D eigenvalue weighted by atomic mass is 9.89. The second-order valence-corrected chi connectivity index (χ2v) is 6.34. The number of rotatable bonds is 4. The Morgan fingerprint density at radius 1 is 1.20 bits per heavy atom. The molecule has 0 aliphatic heterocycles. The van der Waals surface area contributed by atoms with Crippen molar-refractivity contribution in [2.24, 2.45) is 0 Å². The lowest BCUT2D eigenvalue weighted by molar-refractivity contribution is 0.613. The Bertz CT molecular complexity index is 583. The third kappa shape index (κ3) is 3.24. The van der Waals surface area contributed by atoms with Crippen LogP contribution >= 0.6 is 27.5 Å². The van der Waals surface area contributed by atoms with Crippen LogP contribution in [0.15, 0.2) is 42.5 Å². The number of halogens is 3. The van der Waals surface area contributed by atoms with E-state index in [-0.39, 0.29) is 10.6 Å². The molecule has 106 valence electrons. The van der Waals surface area contributed by atoms with Crippen molar-refractivity contribution in [3.63, 3.8) is 0 Å². The third-order valence-corrected chi connectivity index (χ3v) is 5.05. The zero-order valence-electron chi connectivity index (χ0n) is 11.5. The Labute approximate surface area is 133 Å². The molecule has 0 aliphatic rings. The van der Waals surface area contributed by atoms with Gasteiger partial charge in [0.2, 0.25) is 0 Å². The predicted octanol–water partition coefficient (Wildman–Crippen LogP) is 6.42. The van der Waals surface area contributed by atoms with Crippen LogP contribution in [0.25, 0.3) is 0 Å². The van der Waals surface area contributed by atoms with Gasteiger partial charge in [-0.3, -0.25) is 0 Å². The molecule has 0 bridgehead atoms. The van der Waals surface area contributed by atoms with Gasteiger partial charge in [-0.1, -0.05) is 70.9 Å². The number of aryl methyl sites for hydroxylation is 1. The van der Waals surface area contributed by atoms with Crippen molar-refractivity contribution in [3.8, 4) is 0 Å². The van der Waals surface area contributed by atoms with Crippen LogP contribution in [0.4, 0.5) is 4.39 Å². The maximum Gasteiger partial charge on any atom is 0.127 e. The SMILES string of the molecule is CCC(c1ccccc1)C(Br)c1cc(C)c(F)cc1Cl. The molecule has 3 heteroatoms. The molecule has 2 aromatic carbocycles. The van der Waals surface area contributed by atoms with Crippen molar-refractivity contribution in [2.45, 2.75) is 31.0 Å². The summed E-state index contributed by atoms with van der Waals surface area (Å²) >= 11 is 9.97. The van der Waals surface area contributed by atoms with Gasteiger partial charge >= 0.3 is 0 Å². The third-order valence-electron chi connectivity index (χ3n) is 3.60. The molecule has 0 nitrogen and oxygen atoms in total. The summed E-state index contributed by atoms with van der Waals surface area (Å²) in [4.78, 5) is 0.0710. The molecule has 0 amide bonds. The van der Waals surface area contributed by atoms with E-state index in [1.165, 1.54) is 11.6 Å². The number of benzene rings is 2. The van der Waals surface area contributed by atoms with E-state index in [0.717, 1.165) is 12.0 Å². The molecule has 0 heterocycles. The molecule has 0 fully saturated rings. The van der Waals surface area contributed by atoms with E-state index >= 15 is 0 Å². The van der Waals surface area contributed by atoms with Crippen LogP contribution in [0.5, 0.6) is 0 Å². The molecule has 0 aromatic heterocycles. The van der Waals surface area contributed by atoms with Gasteiger partial charge in [0.15, 0.2) is 0 Å². The number of hydrogen-bond acceptors (Lipinski definition) is 0. The fourth-order valence-electron chi connectivity index (χ4n) is 2.42. The number of hydrogen-bond donors (Lipinski definition) is 0. The molecule has 0 saturated heterocycles. The Kier molecular flexibility index (Phi) is 5.22. The van der Waals surface area contributed by atoms with Gasteiger partial charge in [-0.05, 0) is 36.1 Å². The van der Waals surface area contributed by atoms with Gasteiger partial charge in [0, 0.05) is 15.8 Å². The minimum atomic E-state index is -0.258. The topological polar surface area (TPSA) is 0 Å². The zero-order valence-corrected chi connectivity index (χ0v) is 13.9. The van der Waals surface area contributed by atoms with Crippen molar-refractivity contribution >= 4 is 27.5 Å². The van der Waals surface area contributed by atoms with Gasteiger partial charge in [0.25, 0.3) is 0 Å². The first-order valence-electron chi connectivity index (χ1n) is 6.69. The van der Waals surface area contributed by atoms with Crippen LogP contribution in [-0.4, -0.2) is 0 Å². The van der Waals surface area contributed by atoms with E-state index in [1.54, 1.807) is 6.92 Å². The van der Waals surface area contributed by atoms with Gasteiger partial charge in [-0.15, -0.1) is 0 Å². The average molecular weight is 356 g/mol. The average Bonchev–Trinajstić information content (AvgIpc) is 2.44. The summed E-state index contributed by atoms with van der Waals surface area (Å²) in [5, 5.41) is 0.476. The van der Waals surface area contributed by atoms with Crippen molar-refractivity contribution in [3.05, 3.63) is 70.0 Å². The molecule has 0 radical (unpaired) electrons. The molecule has 2 unspecified atom stereocenters. The lowest BCUT2D eigenvalue weighted by Gasteiger charge is -2.23. The second kappa shape index (κ2) is 6.73. The highest BCUT2D eigenvalue weighted by atomic mass is 79.9. The first-order valence-corrected chi connectivity index (χ1v) is 7.98. The highest BCUT2D eigenvalue weighted by Crippen LogP contribution is 2.43. The largest absolute Gasteiger partial charge is 0.207 e. The molecule has 2 rings (SSSR count).